The molecule has 4 heterocycles. The zero-order valence-corrected chi connectivity index (χ0v) is 46.6. The Hall–Kier alpha value is -13.0. The Labute approximate surface area is 504 Å². The van der Waals surface area contributed by atoms with Gasteiger partial charge in [-0.1, -0.05) is 164 Å². The number of rotatable bonds is 10. The van der Waals surface area contributed by atoms with Gasteiger partial charge in [0.1, 0.15) is 0 Å². The highest BCUT2D eigenvalue weighted by atomic mass is 15.1. The molecule has 406 valence electrons. The number of hydrogen-bond acceptors (Lipinski definition) is 10. The first-order valence-corrected chi connectivity index (χ1v) is 28.3. The lowest BCUT2D eigenvalue weighted by molar-refractivity contribution is 1.07. The zero-order valence-electron chi connectivity index (χ0n) is 46.6. The molecule has 15 rings (SSSR count). The SMILES string of the molecule is N#Cc1ccc2c(c1)c1cc(C#N)ccc1n2-c1cccc(-c2nc(-c3ccccc3)nc(-c3ccccc3)n2)c1-c1cccc(-c2c(-c3nc(-c4ccccc4)nc(-c4ccccc4)n3)cccc2-n2c3ccc(C#N)cc3c3cc(C#N)ccc32)c1. The van der Waals surface area contributed by atoms with Crippen molar-refractivity contribution < 1.29 is 0 Å². The van der Waals surface area contributed by atoms with E-state index in [4.69, 9.17) is 29.9 Å². The van der Waals surface area contributed by atoms with Crippen LogP contribution in [-0.4, -0.2) is 39.0 Å². The highest BCUT2D eigenvalue weighted by molar-refractivity contribution is 6.12. The van der Waals surface area contributed by atoms with Crippen LogP contribution in [0.4, 0.5) is 0 Å². The summed E-state index contributed by atoms with van der Waals surface area (Å²) in [5.41, 5.74) is 14.6. The van der Waals surface area contributed by atoms with Crippen molar-refractivity contribution >= 4 is 43.6 Å². The van der Waals surface area contributed by atoms with Crippen LogP contribution in [-0.2, 0) is 0 Å². The van der Waals surface area contributed by atoms with Crippen LogP contribution in [0, 0.1) is 45.3 Å². The van der Waals surface area contributed by atoms with Crippen LogP contribution in [0.25, 0.3) is 146 Å². The summed E-state index contributed by atoms with van der Waals surface area (Å²) >= 11 is 0. The van der Waals surface area contributed by atoms with Crippen molar-refractivity contribution in [3.63, 3.8) is 0 Å². The van der Waals surface area contributed by atoms with Gasteiger partial charge in [0.25, 0.3) is 0 Å². The number of aromatic nitrogens is 8. The molecule has 0 radical (unpaired) electrons. The van der Waals surface area contributed by atoms with Gasteiger partial charge in [-0.15, -0.1) is 0 Å². The van der Waals surface area contributed by atoms with Crippen LogP contribution in [0.15, 0.2) is 255 Å². The van der Waals surface area contributed by atoms with E-state index in [1.165, 1.54) is 0 Å². The number of benzene rings is 11. The molecule has 0 unspecified atom stereocenters. The lowest BCUT2D eigenvalue weighted by atomic mass is 9.91. The average molecular weight is 1120 g/mol. The first-order chi connectivity index (χ1) is 43.4. The predicted octanol–water partition coefficient (Wildman–Crippen LogP) is 17.1. The molecule has 0 saturated heterocycles. The van der Waals surface area contributed by atoms with Crippen molar-refractivity contribution in [2.24, 2.45) is 0 Å². The monoisotopic (exact) mass is 1120 g/mol. The molecule has 0 atom stereocenters. The minimum absolute atomic E-state index is 0.432. The van der Waals surface area contributed by atoms with Crippen molar-refractivity contribution in [3.05, 3.63) is 277 Å². The molecule has 15 aromatic rings. The van der Waals surface area contributed by atoms with Crippen LogP contribution < -0.4 is 0 Å². The Bertz CT molecular complexity index is 4900. The van der Waals surface area contributed by atoms with E-state index in [-0.39, 0.29) is 0 Å². The molecule has 0 N–H and O–H groups in total. The van der Waals surface area contributed by atoms with Crippen molar-refractivity contribution in [1.82, 2.24) is 39.0 Å². The summed E-state index contributed by atoms with van der Waals surface area (Å²) in [7, 11) is 0. The summed E-state index contributed by atoms with van der Waals surface area (Å²) in [5.74, 6) is 2.85. The van der Waals surface area contributed by atoms with Gasteiger partial charge in [0.2, 0.25) is 0 Å². The largest absolute Gasteiger partial charge is 0.309 e. The number of nitrogens with zero attached hydrogens (tertiary/aromatic N) is 12. The van der Waals surface area contributed by atoms with Gasteiger partial charge in [0.15, 0.2) is 34.9 Å². The third-order valence-corrected chi connectivity index (χ3v) is 15.9. The van der Waals surface area contributed by atoms with Gasteiger partial charge in [-0.25, -0.2) is 29.9 Å². The van der Waals surface area contributed by atoms with Crippen molar-refractivity contribution in [2.75, 3.05) is 0 Å². The first kappa shape index (κ1) is 51.8. The fourth-order valence-electron chi connectivity index (χ4n) is 12.0. The molecule has 0 bridgehead atoms. The summed E-state index contributed by atoms with van der Waals surface area (Å²) in [6, 6.07) is 92.3. The highest BCUT2D eigenvalue weighted by Crippen LogP contribution is 2.46. The maximum absolute atomic E-state index is 10.3. The Kier molecular flexibility index (Phi) is 12.7. The quantitative estimate of drug-likeness (QED) is 0.128. The minimum atomic E-state index is 0.432. The molecule has 12 heteroatoms. The number of hydrogen-bond donors (Lipinski definition) is 0. The van der Waals surface area contributed by atoms with Gasteiger partial charge in [-0.05, 0) is 102 Å². The molecule has 0 aliphatic heterocycles. The van der Waals surface area contributed by atoms with Crippen LogP contribution >= 0.6 is 0 Å². The van der Waals surface area contributed by atoms with Gasteiger partial charge in [0.05, 0.1) is 80.0 Å². The zero-order chi connectivity index (χ0) is 59.2. The number of fused-ring (bicyclic) bond motifs is 6. The van der Waals surface area contributed by atoms with E-state index in [2.05, 4.69) is 69.8 Å². The summed E-state index contributed by atoms with van der Waals surface area (Å²) in [5, 5.41) is 44.3. The summed E-state index contributed by atoms with van der Waals surface area (Å²) < 4.78 is 4.39. The second-order valence-electron chi connectivity index (χ2n) is 21.1. The highest BCUT2D eigenvalue weighted by Gasteiger charge is 2.26. The molecule has 0 aliphatic rings. The van der Waals surface area contributed by atoms with Crippen molar-refractivity contribution in [3.8, 4) is 126 Å². The van der Waals surface area contributed by atoms with Gasteiger partial charge in [-0.3, -0.25) is 0 Å². The molecular formula is C76H42N12. The fourth-order valence-corrected chi connectivity index (χ4v) is 12.0. The minimum Gasteiger partial charge on any atom is -0.309 e. The molecule has 0 fully saturated rings. The third-order valence-electron chi connectivity index (χ3n) is 15.9. The Morgan fingerprint density at radius 2 is 0.500 bits per heavy atom. The van der Waals surface area contributed by atoms with Crippen LogP contribution in [0.1, 0.15) is 22.3 Å². The van der Waals surface area contributed by atoms with E-state index in [0.29, 0.717) is 68.3 Å². The summed E-state index contributed by atoms with van der Waals surface area (Å²) in [6.07, 6.45) is 0. The average Bonchev–Trinajstić information content (AvgIpc) is 1.76. The molecule has 12 nitrogen and oxygen atoms in total. The van der Waals surface area contributed by atoms with Crippen LogP contribution in [0.2, 0.25) is 0 Å². The maximum atomic E-state index is 10.3. The van der Waals surface area contributed by atoms with E-state index in [0.717, 1.165) is 99.5 Å². The first-order valence-electron chi connectivity index (χ1n) is 28.3. The fraction of sp³-hybridized carbons (Fsp3) is 0. The maximum Gasteiger partial charge on any atom is 0.164 e. The van der Waals surface area contributed by atoms with E-state index >= 15 is 0 Å². The molecule has 0 saturated carbocycles. The Morgan fingerprint density at radius 1 is 0.239 bits per heavy atom. The molecular weight excluding hydrogens is 1080 g/mol. The van der Waals surface area contributed by atoms with E-state index in [9.17, 15) is 21.0 Å². The van der Waals surface area contributed by atoms with Gasteiger partial charge in [0, 0.05) is 66.1 Å². The third kappa shape index (κ3) is 9.00. The Balaban J connectivity index is 1.06. The van der Waals surface area contributed by atoms with Crippen LogP contribution in [0.5, 0.6) is 0 Å². The van der Waals surface area contributed by atoms with E-state index in [1.807, 2.05) is 218 Å². The van der Waals surface area contributed by atoms with Crippen LogP contribution in [0.3, 0.4) is 0 Å². The molecule has 4 aromatic heterocycles. The predicted molar refractivity (Wildman–Crippen MR) is 344 cm³/mol. The van der Waals surface area contributed by atoms with Gasteiger partial charge < -0.3 is 9.13 Å². The molecule has 0 amide bonds. The molecule has 11 aromatic carbocycles. The molecule has 0 aliphatic carbocycles. The second kappa shape index (κ2) is 21.6. The topological polar surface area (TPSA) is 182 Å². The lowest BCUT2D eigenvalue weighted by Crippen LogP contribution is -2.05. The van der Waals surface area contributed by atoms with Gasteiger partial charge >= 0.3 is 0 Å². The van der Waals surface area contributed by atoms with Crippen molar-refractivity contribution in [2.45, 2.75) is 0 Å². The standard InChI is InChI=1S/C76H42N12/c77-43-47-30-34-63-59(38-47)60-39-48(44-78)31-35-64(60)87(63)67-28-14-26-57(75-83-71(51-16-5-1-6-17-51)81-72(84-75)52-18-7-2-8-19-52)69(67)55-24-13-25-56(42-55)70-58(76-85-73(53-20-9-3-10-21-53)82-74(86-76)54-22-11-4-12-23-54)27-15-29-68(70)88-65-36-32-49(45-79)40-61(65)62-41-50(46-80)33-37-66(62)88/h1-42H. The Morgan fingerprint density at radius 3 is 0.784 bits per heavy atom. The molecule has 88 heavy (non-hydrogen) atoms. The van der Waals surface area contributed by atoms with Gasteiger partial charge in [-0.2, -0.15) is 21.0 Å². The summed E-state index contributed by atoms with van der Waals surface area (Å²) in [6.45, 7) is 0. The van der Waals surface area contributed by atoms with E-state index < -0.39 is 0 Å². The molecule has 0 spiro atoms. The summed E-state index contributed by atoms with van der Waals surface area (Å²) in [4.78, 5) is 31.6. The van der Waals surface area contributed by atoms with Crippen molar-refractivity contribution in [1.29, 1.82) is 21.0 Å². The second-order valence-corrected chi connectivity index (χ2v) is 21.1. The smallest absolute Gasteiger partial charge is 0.164 e. The normalized spacial score (nSPS) is 11.1. The number of nitriles is 4. The lowest BCUT2D eigenvalue weighted by Gasteiger charge is -2.21. The van der Waals surface area contributed by atoms with E-state index in [1.54, 1.807) is 0 Å².